The highest BCUT2D eigenvalue weighted by Crippen LogP contribution is 2.29. The van der Waals surface area contributed by atoms with Gasteiger partial charge in [-0.05, 0) is 0 Å². The lowest BCUT2D eigenvalue weighted by molar-refractivity contribution is -0.141. The number of pyridine rings is 1. The highest BCUT2D eigenvalue weighted by molar-refractivity contribution is 5.72. The second-order valence-electron chi connectivity index (χ2n) is 2.43. The van der Waals surface area contributed by atoms with Crippen molar-refractivity contribution in [1.29, 1.82) is 0 Å². The Labute approximate surface area is 77.5 Å². The van der Waals surface area contributed by atoms with Gasteiger partial charge in [-0.2, -0.15) is 13.2 Å². The standard InChI is InChI=1S/C8H6F3NO2/c1-14-6-2-5(4-13)12-7(3-6)8(9,10)11/h2-4H,1H3. The van der Waals surface area contributed by atoms with E-state index in [4.69, 9.17) is 0 Å². The number of halogens is 3. The smallest absolute Gasteiger partial charge is 0.433 e. The molecule has 1 aromatic heterocycles. The van der Waals surface area contributed by atoms with Crippen LogP contribution in [-0.4, -0.2) is 18.4 Å². The van der Waals surface area contributed by atoms with Crippen molar-refractivity contribution in [1.82, 2.24) is 4.98 Å². The van der Waals surface area contributed by atoms with Gasteiger partial charge in [0.05, 0.1) is 7.11 Å². The number of hydrogen-bond acceptors (Lipinski definition) is 3. The lowest BCUT2D eigenvalue weighted by Gasteiger charge is -2.07. The molecule has 1 rings (SSSR count). The number of aldehydes is 1. The van der Waals surface area contributed by atoms with Crippen LogP contribution in [0.5, 0.6) is 5.75 Å². The highest BCUT2D eigenvalue weighted by atomic mass is 19.4. The van der Waals surface area contributed by atoms with Crippen molar-refractivity contribution in [2.45, 2.75) is 6.18 Å². The summed E-state index contributed by atoms with van der Waals surface area (Å²) in [5, 5.41) is 0. The van der Waals surface area contributed by atoms with E-state index in [1.165, 1.54) is 7.11 Å². The number of alkyl halides is 3. The van der Waals surface area contributed by atoms with Crippen molar-refractivity contribution in [2.24, 2.45) is 0 Å². The second kappa shape index (κ2) is 3.65. The van der Waals surface area contributed by atoms with Crippen molar-refractivity contribution >= 4 is 6.29 Å². The third kappa shape index (κ3) is 2.21. The van der Waals surface area contributed by atoms with Crippen LogP contribution in [0.1, 0.15) is 16.2 Å². The fourth-order valence-electron chi connectivity index (χ4n) is 0.849. The van der Waals surface area contributed by atoms with Crippen LogP contribution in [0.15, 0.2) is 12.1 Å². The first-order valence-electron chi connectivity index (χ1n) is 3.56. The van der Waals surface area contributed by atoms with E-state index in [0.717, 1.165) is 12.1 Å². The van der Waals surface area contributed by atoms with E-state index in [1.54, 1.807) is 0 Å². The van der Waals surface area contributed by atoms with Crippen LogP contribution < -0.4 is 4.74 Å². The number of aromatic nitrogens is 1. The Hall–Kier alpha value is -1.59. The second-order valence-corrected chi connectivity index (χ2v) is 2.43. The first-order valence-corrected chi connectivity index (χ1v) is 3.56. The molecule has 0 aliphatic heterocycles. The average Bonchev–Trinajstić information content (AvgIpc) is 2.15. The van der Waals surface area contributed by atoms with E-state index < -0.39 is 11.9 Å². The monoisotopic (exact) mass is 205 g/mol. The molecule has 0 aliphatic rings. The minimum absolute atomic E-state index is 0.0468. The van der Waals surface area contributed by atoms with Gasteiger partial charge in [0.2, 0.25) is 0 Å². The Bertz CT molecular complexity index is 349. The van der Waals surface area contributed by atoms with Gasteiger partial charge in [-0.25, -0.2) is 4.98 Å². The van der Waals surface area contributed by atoms with E-state index in [0.29, 0.717) is 0 Å². The SMILES string of the molecule is COc1cc(C=O)nc(C(F)(F)F)c1. The first kappa shape index (κ1) is 10.5. The normalized spacial score (nSPS) is 11.1. The van der Waals surface area contributed by atoms with Gasteiger partial charge in [0.1, 0.15) is 17.1 Å². The predicted octanol–water partition coefficient (Wildman–Crippen LogP) is 1.92. The van der Waals surface area contributed by atoms with Crippen LogP contribution in [0, 0.1) is 0 Å². The number of carbonyl (C=O) groups excluding carboxylic acids is 1. The van der Waals surface area contributed by atoms with Crippen molar-refractivity contribution in [2.75, 3.05) is 7.11 Å². The zero-order valence-electron chi connectivity index (χ0n) is 7.13. The molecule has 0 atom stereocenters. The quantitative estimate of drug-likeness (QED) is 0.692. The molecule has 0 aromatic carbocycles. The van der Waals surface area contributed by atoms with E-state index >= 15 is 0 Å². The molecule has 0 fully saturated rings. The average molecular weight is 205 g/mol. The van der Waals surface area contributed by atoms with Crippen molar-refractivity contribution < 1.29 is 22.7 Å². The molecule has 0 saturated carbocycles. The molecule has 3 nitrogen and oxygen atoms in total. The lowest BCUT2D eigenvalue weighted by Crippen LogP contribution is -2.09. The molecular formula is C8H6F3NO2. The van der Waals surface area contributed by atoms with Gasteiger partial charge in [0.25, 0.3) is 0 Å². The Balaban J connectivity index is 3.24. The summed E-state index contributed by atoms with van der Waals surface area (Å²) in [4.78, 5) is 13.4. The highest BCUT2D eigenvalue weighted by Gasteiger charge is 2.33. The zero-order valence-corrected chi connectivity index (χ0v) is 7.13. The molecule has 0 spiro atoms. The largest absolute Gasteiger partial charge is 0.497 e. The van der Waals surface area contributed by atoms with E-state index in [2.05, 4.69) is 9.72 Å². The summed E-state index contributed by atoms with van der Waals surface area (Å²) in [6.45, 7) is 0. The Morgan fingerprint density at radius 3 is 2.50 bits per heavy atom. The molecule has 0 unspecified atom stereocenters. The van der Waals surface area contributed by atoms with Crippen LogP contribution in [0.25, 0.3) is 0 Å². The summed E-state index contributed by atoms with van der Waals surface area (Å²) in [5.41, 5.74) is -1.45. The van der Waals surface area contributed by atoms with Crippen LogP contribution in [-0.2, 0) is 6.18 Å². The predicted molar refractivity (Wildman–Crippen MR) is 41.2 cm³/mol. The van der Waals surface area contributed by atoms with Gasteiger partial charge in [-0.1, -0.05) is 0 Å². The fourth-order valence-corrected chi connectivity index (χ4v) is 0.849. The zero-order chi connectivity index (χ0) is 10.8. The maximum atomic E-state index is 12.2. The van der Waals surface area contributed by atoms with Crippen LogP contribution in [0.4, 0.5) is 13.2 Å². The van der Waals surface area contributed by atoms with Gasteiger partial charge in [0, 0.05) is 12.1 Å². The molecule has 76 valence electrons. The van der Waals surface area contributed by atoms with Crippen molar-refractivity contribution in [3.05, 3.63) is 23.5 Å². The summed E-state index contributed by atoms with van der Waals surface area (Å²) in [7, 11) is 1.21. The number of hydrogen-bond donors (Lipinski definition) is 0. The first-order chi connectivity index (χ1) is 6.47. The van der Waals surface area contributed by atoms with Gasteiger partial charge >= 0.3 is 6.18 Å². The van der Waals surface area contributed by atoms with Gasteiger partial charge < -0.3 is 4.74 Å². The Morgan fingerprint density at radius 1 is 1.43 bits per heavy atom. The third-order valence-corrected chi connectivity index (χ3v) is 1.47. The van der Waals surface area contributed by atoms with Gasteiger partial charge in [0.15, 0.2) is 6.29 Å². The maximum Gasteiger partial charge on any atom is 0.433 e. The molecule has 0 saturated heterocycles. The Kier molecular flexibility index (Phi) is 2.73. The summed E-state index contributed by atoms with van der Waals surface area (Å²) < 4.78 is 41.2. The molecule has 14 heavy (non-hydrogen) atoms. The minimum Gasteiger partial charge on any atom is -0.497 e. The van der Waals surface area contributed by atoms with E-state index in [-0.39, 0.29) is 17.7 Å². The molecule has 0 aliphatic carbocycles. The number of methoxy groups -OCH3 is 1. The van der Waals surface area contributed by atoms with E-state index in [9.17, 15) is 18.0 Å². The third-order valence-electron chi connectivity index (χ3n) is 1.47. The summed E-state index contributed by atoms with van der Waals surface area (Å²) in [5.74, 6) is -0.0468. The lowest BCUT2D eigenvalue weighted by atomic mass is 10.3. The van der Waals surface area contributed by atoms with Crippen molar-refractivity contribution in [3.8, 4) is 5.75 Å². The molecule has 0 radical (unpaired) electrons. The number of nitrogens with zero attached hydrogens (tertiary/aromatic N) is 1. The van der Waals surface area contributed by atoms with Crippen molar-refractivity contribution in [3.63, 3.8) is 0 Å². The summed E-state index contributed by atoms with van der Waals surface area (Å²) in [6.07, 6.45) is -4.34. The minimum atomic E-state index is -4.58. The van der Waals surface area contributed by atoms with Crippen LogP contribution in [0.3, 0.4) is 0 Å². The topological polar surface area (TPSA) is 39.2 Å². The van der Waals surface area contributed by atoms with Gasteiger partial charge in [-0.3, -0.25) is 4.79 Å². The number of ether oxygens (including phenoxy) is 1. The molecular weight excluding hydrogens is 199 g/mol. The summed E-state index contributed by atoms with van der Waals surface area (Å²) in [6, 6.07) is 1.86. The van der Waals surface area contributed by atoms with Gasteiger partial charge in [-0.15, -0.1) is 0 Å². The number of carbonyl (C=O) groups is 1. The van der Waals surface area contributed by atoms with Crippen LogP contribution >= 0.6 is 0 Å². The molecule has 0 bridgehead atoms. The molecule has 1 heterocycles. The van der Waals surface area contributed by atoms with Crippen LogP contribution in [0.2, 0.25) is 0 Å². The Morgan fingerprint density at radius 2 is 2.07 bits per heavy atom. The number of rotatable bonds is 2. The molecule has 1 aromatic rings. The molecule has 6 heteroatoms. The maximum absolute atomic E-state index is 12.2. The fraction of sp³-hybridized carbons (Fsp3) is 0.250. The molecule has 0 N–H and O–H groups in total. The molecule has 0 amide bonds. The van der Waals surface area contributed by atoms with E-state index in [1.807, 2.05) is 0 Å². The summed E-state index contributed by atoms with van der Waals surface area (Å²) >= 11 is 0.